The predicted octanol–water partition coefficient (Wildman–Crippen LogP) is 3.15. The quantitative estimate of drug-likeness (QED) is 0.759. The summed E-state index contributed by atoms with van der Waals surface area (Å²) in [5.41, 5.74) is 0.470. The van der Waals surface area contributed by atoms with Crippen molar-refractivity contribution in [3.63, 3.8) is 0 Å². The molecule has 8 heteroatoms. The zero-order valence-corrected chi connectivity index (χ0v) is 17.7. The molecule has 0 radical (unpaired) electrons. The summed E-state index contributed by atoms with van der Waals surface area (Å²) in [6.45, 7) is 2.36. The second kappa shape index (κ2) is 8.72. The monoisotopic (exact) mass is 430 g/mol. The maximum atomic E-state index is 13.2. The molecule has 2 aliphatic heterocycles. The lowest BCUT2D eigenvalue weighted by Gasteiger charge is -2.39. The molecule has 0 aromatic heterocycles. The first-order valence-corrected chi connectivity index (χ1v) is 10.3. The average molecular weight is 430 g/mol. The smallest absolute Gasteiger partial charge is 0.414 e. The molecule has 0 saturated carbocycles. The van der Waals surface area contributed by atoms with Gasteiger partial charge in [0.2, 0.25) is 0 Å². The number of piperidine rings is 1. The molecule has 1 atom stereocenters. The molecule has 2 fully saturated rings. The number of ether oxygens (including phenoxy) is 3. The molecule has 1 amide bonds. The maximum Gasteiger partial charge on any atom is 0.414 e. The third-order valence-electron chi connectivity index (χ3n) is 6.08. The lowest BCUT2D eigenvalue weighted by Crippen LogP contribution is -2.45. The van der Waals surface area contributed by atoms with Gasteiger partial charge in [0.05, 0.1) is 32.1 Å². The summed E-state index contributed by atoms with van der Waals surface area (Å²) >= 11 is 0. The van der Waals surface area contributed by atoms with E-state index in [0.29, 0.717) is 56.2 Å². The van der Waals surface area contributed by atoms with E-state index in [4.69, 9.17) is 14.2 Å². The average Bonchev–Trinajstić information content (AvgIpc) is 3.15. The Morgan fingerprint density at radius 3 is 2.42 bits per heavy atom. The van der Waals surface area contributed by atoms with Gasteiger partial charge in [-0.1, -0.05) is 12.1 Å². The van der Waals surface area contributed by atoms with Crippen LogP contribution in [-0.4, -0.2) is 62.6 Å². The highest BCUT2D eigenvalue weighted by atomic mass is 19.1. The van der Waals surface area contributed by atoms with Crippen molar-refractivity contribution in [3.8, 4) is 11.5 Å². The van der Waals surface area contributed by atoms with Crippen LogP contribution in [0.4, 0.5) is 14.9 Å². The Bertz CT molecular complexity index is 928. The number of carbonyl (C=O) groups excluding carboxylic acids is 1. The molecule has 2 aromatic rings. The van der Waals surface area contributed by atoms with Gasteiger partial charge in [0.15, 0.2) is 11.5 Å². The summed E-state index contributed by atoms with van der Waals surface area (Å²) in [5.74, 6) is 0.830. The lowest BCUT2D eigenvalue weighted by molar-refractivity contribution is -0.0325. The van der Waals surface area contributed by atoms with Crippen molar-refractivity contribution in [1.29, 1.82) is 0 Å². The van der Waals surface area contributed by atoms with E-state index in [1.165, 1.54) is 12.1 Å². The number of anilines is 1. The fraction of sp³-hybridized carbons (Fsp3) is 0.435. The third kappa shape index (κ3) is 4.45. The van der Waals surface area contributed by atoms with Crippen molar-refractivity contribution in [1.82, 2.24) is 4.90 Å². The van der Waals surface area contributed by atoms with E-state index in [-0.39, 0.29) is 11.9 Å². The predicted molar refractivity (Wildman–Crippen MR) is 113 cm³/mol. The Hall–Kier alpha value is -2.84. The number of hydrogen-bond acceptors (Lipinski definition) is 6. The highest BCUT2D eigenvalue weighted by Crippen LogP contribution is 2.35. The minimum absolute atomic E-state index is 0.266. The molecule has 31 heavy (non-hydrogen) atoms. The summed E-state index contributed by atoms with van der Waals surface area (Å²) in [6.07, 6.45) is 0.423. The highest BCUT2D eigenvalue weighted by Gasteiger charge is 2.38. The summed E-state index contributed by atoms with van der Waals surface area (Å²) in [4.78, 5) is 16.2. The number of rotatable bonds is 6. The van der Waals surface area contributed by atoms with E-state index in [9.17, 15) is 14.3 Å². The topological polar surface area (TPSA) is 71.5 Å². The molecule has 1 N–H and O–H groups in total. The minimum atomic E-state index is -0.956. The SMILES string of the molecule is COc1ccc(N2CC(CN3CCC(O)(c4ccc(F)cc4)CC3)OC2=O)cc1OC. The molecule has 4 rings (SSSR count). The van der Waals surface area contributed by atoms with E-state index in [1.54, 1.807) is 49.5 Å². The third-order valence-corrected chi connectivity index (χ3v) is 6.08. The number of aliphatic hydroxyl groups is 1. The van der Waals surface area contributed by atoms with Crippen LogP contribution in [0.1, 0.15) is 18.4 Å². The van der Waals surface area contributed by atoms with Gasteiger partial charge in [-0.2, -0.15) is 0 Å². The van der Waals surface area contributed by atoms with Crippen molar-refractivity contribution in [2.75, 3.05) is 45.3 Å². The molecule has 2 saturated heterocycles. The number of carbonyl (C=O) groups is 1. The number of halogens is 1. The molecule has 7 nitrogen and oxygen atoms in total. The van der Waals surface area contributed by atoms with Crippen molar-refractivity contribution in [3.05, 3.63) is 53.8 Å². The number of nitrogens with zero attached hydrogens (tertiary/aromatic N) is 2. The zero-order chi connectivity index (χ0) is 22.0. The van der Waals surface area contributed by atoms with Crippen LogP contribution in [0.2, 0.25) is 0 Å². The van der Waals surface area contributed by atoms with E-state index in [1.807, 2.05) is 0 Å². The summed E-state index contributed by atoms with van der Waals surface area (Å²) in [6, 6.07) is 11.4. The highest BCUT2D eigenvalue weighted by molar-refractivity contribution is 5.90. The number of benzene rings is 2. The van der Waals surface area contributed by atoms with E-state index >= 15 is 0 Å². The van der Waals surface area contributed by atoms with Gasteiger partial charge in [0.25, 0.3) is 0 Å². The molecule has 0 spiro atoms. The van der Waals surface area contributed by atoms with Gasteiger partial charge >= 0.3 is 6.09 Å². The fourth-order valence-corrected chi connectivity index (χ4v) is 4.26. The van der Waals surface area contributed by atoms with E-state index in [0.717, 1.165) is 5.56 Å². The van der Waals surface area contributed by atoms with Crippen LogP contribution in [0.15, 0.2) is 42.5 Å². The summed E-state index contributed by atoms with van der Waals surface area (Å²) in [7, 11) is 3.11. The van der Waals surface area contributed by atoms with Crippen molar-refractivity contribution >= 4 is 11.8 Å². The minimum Gasteiger partial charge on any atom is -0.493 e. The Morgan fingerprint density at radius 2 is 1.77 bits per heavy atom. The van der Waals surface area contributed by atoms with E-state index in [2.05, 4.69) is 4.90 Å². The van der Waals surface area contributed by atoms with E-state index < -0.39 is 11.7 Å². The van der Waals surface area contributed by atoms with Gasteiger partial charge in [0.1, 0.15) is 11.9 Å². The Balaban J connectivity index is 1.35. The standard InChI is InChI=1S/C23H27FN2O5/c1-29-20-8-7-18(13-21(20)30-2)26-15-19(31-22(26)27)14-25-11-9-23(28,10-12-25)16-3-5-17(24)6-4-16/h3-8,13,19,28H,9-12,14-15H2,1-2H3. The van der Waals surface area contributed by atoms with Gasteiger partial charge in [-0.15, -0.1) is 0 Å². The normalized spacial score (nSPS) is 21.1. The fourth-order valence-electron chi connectivity index (χ4n) is 4.26. The second-order valence-electron chi connectivity index (χ2n) is 7.99. The number of amides is 1. The molecule has 0 bridgehead atoms. The van der Waals surface area contributed by atoms with Crippen LogP contribution >= 0.6 is 0 Å². The van der Waals surface area contributed by atoms with Gasteiger partial charge in [-0.25, -0.2) is 9.18 Å². The maximum absolute atomic E-state index is 13.2. The first-order chi connectivity index (χ1) is 14.9. The molecule has 2 aromatic carbocycles. The number of likely N-dealkylation sites (tertiary alicyclic amines) is 1. The van der Waals surface area contributed by atoms with Crippen LogP contribution in [0.5, 0.6) is 11.5 Å². The zero-order valence-electron chi connectivity index (χ0n) is 17.7. The number of hydrogen-bond donors (Lipinski definition) is 1. The molecule has 166 valence electrons. The first kappa shape index (κ1) is 21.4. The Morgan fingerprint density at radius 1 is 1.10 bits per heavy atom. The lowest BCUT2D eigenvalue weighted by atomic mass is 9.84. The molecule has 0 aliphatic carbocycles. The van der Waals surface area contributed by atoms with Crippen LogP contribution < -0.4 is 14.4 Å². The van der Waals surface area contributed by atoms with Gasteiger partial charge < -0.3 is 19.3 Å². The van der Waals surface area contributed by atoms with Gasteiger partial charge in [0, 0.05) is 25.7 Å². The summed E-state index contributed by atoms with van der Waals surface area (Å²) in [5, 5.41) is 11.0. The first-order valence-electron chi connectivity index (χ1n) is 10.3. The Labute approximate surface area is 180 Å². The van der Waals surface area contributed by atoms with Crippen molar-refractivity contribution in [2.24, 2.45) is 0 Å². The summed E-state index contributed by atoms with van der Waals surface area (Å²) < 4.78 is 29.3. The van der Waals surface area contributed by atoms with Crippen LogP contribution in [0, 0.1) is 5.82 Å². The van der Waals surface area contributed by atoms with Crippen molar-refractivity contribution in [2.45, 2.75) is 24.5 Å². The van der Waals surface area contributed by atoms with Crippen molar-refractivity contribution < 1.29 is 28.5 Å². The Kier molecular flexibility index (Phi) is 6.02. The number of methoxy groups -OCH3 is 2. The van der Waals surface area contributed by atoms with Gasteiger partial charge in [-0.3, -0.25) is 9.80 Å². The molecule has 2 aliphatic rings. The molecule has 2 heterocycles. The molecular weight excluding hydrogens is 403 g/mol. The molecule has 1 unspecified atom stereocenters. The molecular formula is C23H27FN2O5. The van der Waals surface area contributed by atoms with Gasteiger partial charge in [-0.05, 0) is 42.7 Å². The number of cyclic esters (lactones) is 1. The second-order valence-corrected chi connectivity index (χ2v) is 7.99. The van der Waals surface area contributed by atoms with Crippen LogP contribution in [0.25, 0.3) is 0 Å². The largest absolute Gasteiger partial charge is 0.493 e. The van der Waals surface area contributed by atoms with Crippen LogP contribution in [-0.2, 0) is 10.3 Å². The van der Waals surface area contributed by atoms with Crippen LogP contribution in [0.3, 0.4) is 0 Å².